The summed E-state index contributed by atoms with van der Waals surface area (Å²) in [4.78, 5) is -0.0682. The largest absolute Gasteiger partial charge is 0.508 e. The molecule has 1 aromatic rings. The topological polar surface area (TPSA) is 41.5 Å². The van der Waals surface area contributed by atoms with Gasteiger partial charge in [-0.2, -0.15) is 0 Å². The fourth-order valence-corrected chi connectivity index (χ4v) is 3.45. The van der Waals surface area contributed by atoms with Gasteiger partial charge in [0, 0.05) is 11.6 Å². The van der Waals surface area contributed by atoms with Crippen LogP contribution >= 0.6 is 11.8 Å². The number of aromatic hydroxyl groups is 1. The molecule has 4 heteroatoms. The molecule has 1 unspecified atom stereocenters. The van der Waals surface area contributed by atoms with Crippen LogP contribution in [0, 0.1) is 0 Å². The summed E-state index contributed by atoms with van der Waals surface area (Å²) < 4.78 is 5.63. The third-order valence-electron chi connectivity index (χ3n) is 2.91. The minimum absolute atomic E-state index is 0.0682. The molecule has 0 bridgehead atoms. The maximum atomic E-state index is 9.38. The van der Waals surface area contributed by atoms with Gasteiger partial charge in [-0.1, -0.05) is 0 Å². The van der Waals surface area contributed by atoms with Crippen molar-refractivity contribution < 1.29 is 9.84 Å². The summed E-state index contributed by atoms with van der Waals surface area (Å²) in [5.74, 6) is 2.25. The Kier molecular flexibility index (Phi) is 2.07. The molecule has 0 amide bonds. The number of ether oxygens (including phenoxy) is 1. The number of nitrogens with one attached hydrogen (secondary N) is 1. The summed E-state index contributed by atoms with van der Waals surface area (Å²) in [5, 5.41) is 12.9. The summed E-state index contributed by atoms with van der Waals surface area (Å²) in [7, 11) is 0. The van der Waals surface area contributed by atoms with Crippen LogP contribution in [-0.4, -0.2) is 24.0 Å². The first-order valence-electron chi connectivity index (χ1n) is 5.15. The Morgan fingerprint density at radius 1 is 1.47 bits per heavy atom. The zero-order valence-electron chi connectivity index (χ0n) is 8.32. The summed E-state index contributed by atoms with van der Waals surface area (Å²) in [5.41, 5.74) is 1.17. The van der Waals surface area contributed by atoms with E-state index in [1.54, 1.807) is 12.1 Å². The van der Waals surface area contributed by atoms with Gasteiger partial charge in [0.25, 0.3) is 0 Å². The molecule has 0 saturated carbocycles. The number of fused-ring (bicyclic) bond motifs is 2. The van der Waals surface area contributed by atoms with E-state index in [1.807, 2.05) is 17.8 Å². The number of hydrogen-bond donors (Lipinski definition) is 2. The summed E-state index contributed by atoms with van der Waals surface area (Å²) in [6.45, 7) is 1.70. The molecule has 0 aliphatic carbocycles. The summed E-state index contributed by atoms with van der Waals surface area (Å²) in [6.07, 6.45) is 1.21. The van der Waals surface area contributed by atoms with Crippen LogP contribution in [0.2, 0.25) is 0 Å². The van der Waals surface area contributed by atoms with Gasteiger partial charge in [-0.15, -0.1) is 11.8 Å². The highest BCUT2D eigenvalue weighted by Gasteiger charge is 2.42. The predicted octanol–water partition coefficient (Wildman–Crippen LogP) is 1.66. The Hall–Kier alpha value is -0.870. The monoisotopic (exact) mass is 223 g/mol. The van der Waals surface area contributed by atoms with Gasteiger partial charge in [-0.05, 0) is 30.9 Å². The van der Waals surface area contributed by atoms with Crippen molar-refractivity contribution in [3.8, 4) is 11.5 Å². The molecule has 3 rings (SSSR count). The highest BCUT2D eigenvalue weighted by molar-refractivity contribution is 8.00. The normalized spacial score (nSPS) is 28.8. The molecule has 80 valence electrons. The highest BCUT2D eigenvalue weighted by atomic mass is 32.2. The quantitative estimate of drug-likeness (QED) is 0.702. The van der Waals surface area contributed by atoms with E-state index in [0.29, 0.717) is 6.61 Å². The van der Waals surface area contributed by atoms with Crippen LogP contribution in [0.4, 0.5) is 0 Å². The number of phenolic OH excluding ortho intramolecular Hbond substituents is 1. The van der Waals surface area contributed by atoms with Gasteiger partial charge in [0.1, 0.15) is 23.0 Å². The number of phenols is 1. The van der Waals surface area contributed by atoms with Crippen LogP contribution in [0.5, 0.6) is 11.5 Å². The maximum absolute atomic E-state index is 9.38. The summed E-state index contributed by atoms with van der Waals surface area (Å²) >= 11 is 1.90. The van der Waals surface area contributed by atoms with Gasteiger partial charge in [0.2, 0.25) is 0 Å². The summed E-state index contributed by atoms with van der Waals surface area (Å²) in [6, 6.07) is 5.38. The third-order valence-corrected chi connectivity index (χ3v) is 4.38. The number of benzene rings is 1. The van der Waals surface area contributed by atoms with Gasteiger partial charge < -0.3 is 9.84 Å². The van der Waals surface area contributed by atoms with Crippen molar-refractivity contribution in [3.05, 3.63) is 23.8 Å². The van der Waals surface area contributed by atoms with Crippen LogP contribution in [0.15, 0.2) is 18.2 Å². The minimum atomic E-state index is -0.0682. The zero-order chi connectivity index (χ0) is 10.3. The second-order valence-electron chi connectivity index (χ2n) is 3.92. The van der Waals surface area contributed by atoms with Crippen molar-refractivity contribution in [1.29, 1.82) is 0 Å². The van der Waals surface area contributed by atoms with Crippen molar-refractivity contribution in [2.24, 2.45) is 0 Å². The third kappa shape index (κ3) is 1.40. The lowest BCUT2D eigenvalue weighted by Gasteiger charge is -2.32. The molecule has 1 aromatic carbocycles. The van der Waals surface area contributed by atoms with Crippen molar-refractivity contribution in [1.82, 2.24) is 5.32 Å². The van der Waals surface area contributed by atoms with Gasteiger partial charge in [0.15, 0.2) is 0 Å². The van der Waals surface area contributed by atoms with E-state index in [1.165, 1.54) is 12.0 Å². The zero-order valence-corrected chi connectivity index (χ0v) is 9.14. The number of rotatable bonds is 0. The van der Waals surface area contributed by atoms with Crippen LogP contribution in [0.25, 0.3) is 0 Å². The average Bonchev–Trinajstić information content (AvgIpc) is 2.58. The molecule has 15 heavy (non-hydrogen) atoms. The Labute approximate surface area is 92.8 Å². The van der Waals surface area contributed by atoms with Crippen LogP contribution in [-0.2, 0) is 4.87 Å². The minimum Gasteiger partial charge on any atom is -0.508 e. The molecule has 3 nitrogen and oxygen atoms in total. The van der Waals surface area contributed by atoms with Gasteiger partial charge in [0.05, 0.1) is 0 Å². The van der Waals surface area contributed by atoms with E-state index in [0.717, 1.165) is 18.0 Å². The smallest absolute Gasteiger partial charge is 0.129 e. The molecule has 0 aromatic heterocycles. The van der Waals surface area contributed by atoms with E-state index >= 15 is 0 Å². The van der Waals surface area contributed by atoms with E-state index in [-0.39, 0.29) is 10.6 Å². The first-order valence-corrected chi connectivity index (χ1v) is 6.14. The second kappa shape index (κ2) is 3.32. The van der Waals surface area contributed by atoms with Crippen LogP contribution in [0.1, 0.15) is 12.0 Å². The SMILES string of the molecule is Oc1ccc2c(c1)OCC21NCCCS1. The van der Waals surface area contributed by atoms with E-state index in [9.17, 15) is 5.11 Å². The number of hydrogen-bond acceptors (Lipinski definition) is 4. The fraction of sp³-hybridized carbons (Fsp3) is 0.455. The highest BCUT2D eigenvalue weighted by Crippen LogP contribution is 2.46. The first kappa shape index (κ1) is 9.36. The molecule has 1 saturated heterocycles. The molecular weight excluding hydrogens is 210 g/mol. The average molecular weight is 223 g/mol. The van der Waals surface area contributed by atoms with Gasteiger partial charge in [-0.25, -0.2) is 0 Å². The predicted molar refractivity (Wildman–Crippen MR) is 60.4 cm³/mol. The van der Waals surface area contributed by atoms with E-state index < -0.39 is 0 Å². The van der Waals surface area contributed by atoms with E-state index in [4.69, 9.17) is 4.74 Å². The molecule has 2 heterocycles. The number of thioether (sulfide) groups is 1. The van der Waals surface area contributed by atoms with Crippen molar-refractivity contribution in [3.63, 3.8) is 0 Å². The lowest BCUT2D eigenvalue weighted by atomic mass is 10.1. The van der Waals surface area contributed by atoms with Gasteiger partial charge >= 0.3 is 0 Å². The Balaban J connectivity index is 2.03. The molecule has 1 spiro atoms. The second-order valence-corrected chi connectivity index (χ2v) is 5.32. The van der Waals surface area contributed by atoms with Crippen molar-refractivity contribution in [2.75, 3.05) is 18.9 Å². The van der Waals surface area contributed by atoms with Gasteiger partial charge in [-0.3, -0.25) is 5.32 Å². The first-order chi connectivity index (χ1) is 7.30. The Bertz CT molecular complexity index is 388. The van der Waals surface area contributed by atoms with E-state index in [2.05, 4.69) is 5.32 Å². The Morgan fingerprint density at radius 2 is 2.40 bits per heavy atom. The molecular formula is C11H13NO2S. The molecule has 2 N–H and O–H groups in total. The Morgan fingerprint density at radius 3 is 3.20 bits per heavy atom. The molecule has 0 radical (unpaired) electrons. The lowest BCUT2D eigenvalue weighted by Crippen LogP contribution is -2.44. The van der Waals surface area contributed by atoms with Crippen molar-refractivity contribution >= 4 is 11.8 Å². The molecule has 1 fully saturated rings. The van der Waals surface area contributed by atoms with Crippen molar-refractivity contribution in [2.45, 2.75) is 11.3 Å². The fourth-order valence-electron chi connectivity index (χ4n) is 2.15. The maximum Gasteiger partial charge on any atom is 0.129 e. The van der Waals surface area contributed by atoms with Crippen LogP contribution < -0.4 is 10.1 Å². The standard InChI is InChI=1S/C11H13NO2S/c13-8-2-3-9-10(6-8)14-7-11(9)12-4-1-5-15-11/h2-3,6,12-13H,1,4-5,7H2. The lowest BCUT2D eigenvalue weighted by molar-refractivity contribution is 0.289. The van der Waals surface area contributed by atoms with Crippen LogP contribution in [0.3, 0.4) is 0 Å². The molecule has 1 atom stereocenters. The molecule has 2 aliphatic rings. The molecule has 2 aliphatic heterocycles.